The van der Waals surface area contributed by atoms with Crippen LogP contribution in [0.1, 0.15) is 23.0 Å². The van der Waals surface area contributed by atoms with Gasteiger partial charge in [0.15, 0.2) is 0 Å². The first-order valence-electron chi connectivity index (χ1n) is 8.60. The largest absolute Gasteiger partial charge is 0.364 e. The van der Waals surface area contributed by atoms with Crippen molar-refractivity contribution in [1.82, 2.24) is 4.98 Å². The van der Waals surface area contributed by atoms with Crippen LogP contribution in [0.15, 0.2) is 70.3 Å². The van der Waals surface area contributed by atoms with Crippen LogP contribution in [0.5, 0.6) is 0 Å². The molecule has 0 saturated heterocycles. The van der Waals surface area contributed by atoms with E-state index in [1.54, 1.807) is 24.4 Å². The van der Waals surface area contributed by atoms with E-state index in [2.05, 4.69) is 21.7 Å². The van der Waals surface area contributed by atoms with Crippen molar-refractivity contribution >= 4 is 29.9 Å². The molecule has 0 unspecified atom stereocenters. The standard InChI is InChI=1S/C22H19FN4O/c1-14(12-26-13-25-2)9-15-3-8-18-19(16-4-6-17(23)7-5-16)11-21(22(24)28)27-20(18)10-15/h3-8,10-13H,2,9H2,1H3,(H2,24,28)/b14-12+,26-13-. The predicted molar refractivity (Wildman–Crippen MR) is 111 cm³/mol. The number of rotatable bonds is 6. The third-order valence-electron chi connectivity index (χ3n) is 4.21. The van der Waals surface area contributed by atoms with Crippen LogP contribution in [-0.2, 0) is 6.42 Å². The highest BCUT2D eigenvalue weighted by Gasteiger charge is 2.12. The van der Waals surface area contributed by atoms with Gasteiger partial charge in [0.25, 0.3) is 5.91 Å². The third-order valence-corrected chi connectivity index (χ3v) is 4.21. The van der Waals surface area contributed by atoms with Crippen LogP contribution in [0, 0.1) is 5.82 Å². The Bertz CT molecular complexity index is 1100. The van der Waals surface area contributed by atoms with Crippen LogP contribution < -0.4 is 5.73 Å². The summed E-state index contributed by atoms with van der Waals surface area (Å²) < 4.78 is 13.3. The first kappa shape index (κ1) is 19.1. The second-order valence-corrected chi connectivity index (χ2v) is 6.38. The SMILES string of the molecule is C=N/C=N\C=C(/C)Cc1ccc2c(-c3ccc(F)cc3)cc(C(N)=O)nc2c1. The molecule has 3 rings (SSSR count). The number of primary amides is 1. The lowest BCUT2D eigenvalue weighted by atomic mass is 9.97. The average Bonchev–Trinajstić information content (AvgIpc) is 2.67. The molecule has 6 heteroatoms. The van der Waals surface area contributed by atoms with E-state index in [9.17, 15) is 9.18 Å². The second-order valence-electron chi connectivity index (χ2n) is 6.38. The summed E-state index contributed by atoms with van der Waals surface area (Å²) >= 11 is 0. The Labute approximate surface area is 162 Å². The van der Waals surface area contributed by atoms with Gasteiger partial charge in [0.05, 0.1) is 5.52 Å². The highest BCUT2D eigenvalue weighted by atomic mass is 19.1. The molecule has 0 aliphatic carbocycles. The number of allylic oxidation sites excluding steroid dienone is 1. The second kappa shape index (κ2) is 8.35. The number of carbonyl (C=O) groups excluding carboxylic acids is 1. The van der Waals surface area contributed by atoms with E-state index >= 15 is 0 Å². The lowest BCUT2D eigenvalue weighted by molar-refractivity contribution is 0.0996. The van der Waals surface area contributed by atoms with Crippen molar-refractivity contribution in [2.75, 3.05) is 0 Å². The van der Waals surface area contributed by atoms with Crippen molar-refractivity contribution in [1.29, 1.82) is 0 Å². The summed E-state index contributed by atoms with van der Waals surface area (Å²) in [5.41, 5.74) is 9.89. The fraction of sp³-hybridized carbons (Fsp3) is 0.0909. The van der Waals surface area contributed by atoms with Crippen molar-refractivity contribution in [2.24, 2.45) is 15.7 Å². The molecule has 0 radical (unpaired) electrons. The highest BCUT2D eigenvalue weighted by molar-refractivity contribution is 6.00. The smallest absolute Gasteiger partial charge is 0.267 e. The highest BCUT2D eigenvalue weighted by Crippen LogP contribution is 2.30. The van der Waals surface area contributed by atoms with Gasteiger partial charge in [-0.1, -0.05) is 29.8 Å². The fourth-order valence-electron chi connectivity index (χ4n) is 2.95. The van der Waals surface area contributed by atoms with Gasteiger partial charge in [-0.2, -0.15) is 0 Å². The van der Waals surface area contributed by atoms with Gasteiger partial charge in [-0.25, -0.2) is 14.4 Å². The van der Waals surface area contributed by atoms with Crippen LogP contribution in [-0.4, -0.2) is 23.9 Å². The summed E-state index contributed by atoms with van der Waals surface area (Å²) in [6.07, 6.45) is 3.76. The molecule has 0 aliphatic heterocycles. The predicted octanol–water partition coefficient (Wildman–Crippen LogP) is 4.32. The molecule has 140 valence electrons. The third kappa shape index (κ3) is 4.35. The summed E-state index contributed by atoms with van der Waals surface area (Å²) in [7, 11) is 0. The van der Waals surface area contributed by atoms with E-state index < -0.39 is 5.91 Å². The zero-order chi connectivity index (χ0) is 20.1. The maximum Gasteiger partial charge on any atom is 0.267 e. The number of nitrogens with two attached hydrogens (primary N) is 1. The van der Waals surface area contributed by atoms with Gasteiger partial charge in [-0.3, -0.25) is 9.79 Å². The van der Waals surface area contributed by atoms with Gasteiger partial charge < -0.3 is 5.73 Å². The zero-order valence-electron chi connectivity index (χ0n) is 15.4. The summed E-state index contributed by atoms with van der Waals surface area (Å²) in [6.45, 7) is 5.30. The van der Waals surface area contributed by atoms with Crippen molar-refractivity contribution < 1.29 is 9.18 Å². The van der Waals surface area contributed by atoms with Gasteiger partial charge in [-0.05, 0) is 61.0 Å². The van der Waals surface area contributed by atoms with E-state index in [1.165, 1.54) is 18.5 Å². The summed E-state index contributed by atoms with van der Waals surface area (Å²) in [5.74, 6) is -0.936. The Morgan fingerprint density at radius 2 is 1.96 bits per heavy atom. The molecule has 1 amide bonds. The molecule has 0 atom stereocenters. The lowest BCUT2D eigenvalue weighted by Crippen LogP contribution is -2.13. The zero-order valence-corrected chi connectivity index (χ0v) is 15.4. The van der Waals surface area contributed by atoms with E-state index in [0.717, 1.165) is 27.6 Å². The number of fused-ring (bicyclic) bond motifs is 1. The minimum absolute atomic E-state index is 0.165. The Kier molecular flexibility index (Phi) is 5.69. The Morgan fingerprint density at radius 1 is 1.21 bits per heavy atom. The molecule has 0 aliphatic rings. The van der Waals surface area contributed by atoms with E-state index in [0.29, 0.717) is 11.9 Å². The van der Waals surface area contributed by atoms with E-state index in [-0.39, 0.29) is 11.5 Å². The van der Waals surface area contributed by atoms with E-state index in [4.69, 9.17) is 5.73 Å². The van der Waals surface area contributed by atoms with Crippen molar-refractivity contribution in [2.45, 2.75) is 13.3 Å². The van der Waals surface area contributed by atoms with Crippen molar-refractivity contribution in [3.8, 4) is 11.1 Å². The van der Waals surface area contributed by atoms with E-state index in [1.807, 2.05) is 25.1 Å². The van der Waals surface area contributed by atoms with Gasteiger partial charge in [-0.15, -0.1) is 0 Å². The van der Waals surface area contributed by atoms with Gasteiger partial charge >= 0.3 is 0 Å². The van der Waals surface area contributed by atoms with Crippen LogP contribution in [0.4, 0.5) is 4.39 Å². The molecule has 3 aromatic rings. The quantitative estimate of drug-likeness (QED) is 0.515. The van der Waals surface area contributed by atoms with Gasteiger partial charge in [0, 0.05) is 11.6 Å². The molecule has 2 N–H and O–H groups in total. The first-order valence-corrected chi connectivity index (χ1v) is 8.60. The number of carbonyl (C=O) groups is 1. The number of nitrogens with zero attached hydrogens (tertiary/aromatic N) is 3. The number of amides is 1. The van der Waals surface area contributed by atoms with Crippen molar-refractivity contribution in [3.05, 3.63) is 77.4 Å². The molecule has 2 aromatic carbocycles. The maximum atomic E-state index is 13.3. The molecule has 5 nitrogen and oxygen atoms in total. The van der Waals surface area contributed by atoms with Crippen molar-refractivity contribution in [3.63, 3.8) is 0 Å². The molecule has 0 saturated carbocycles. The van der Waals surface area contributed by atoms with Crippen LogP contribution in [0.3, 0.4) is 0 Å². The number of hydrogen-bond donors (Lipinski definition) is 1. The van der Waals surface area contributed by atoms with Gasteiger partial charge in [0.1, 0.15) is 17.8 Å². The number of halogens is 1. The normalized spacial score (nSPS) is 11.9. The number of aromatic nitrogens is 1. The van der Waals surface area contributed by atoms with Crippen LogP contribution >= 0.6 is 0 Å². The molecular weight excluding hydrogens is 355 g/mol. The van der Waals surface area contributed by atoms with Gasteiger partial charge in [0.2, 0.25) is 0 Å². The Balaban J connectivity index is 2.08. The number of benzene rings is 2. The summed E-state index contributed by atoms with van der Waals surface area (Å²) in [6, 6.07) is 13.6. The van der Waals surface area contributed by atoms with Crippen LogP contribution in [0.25, 0.3) is 22.0 Å². The molecule has 0 bridgehead atoms. The molecule has 0 fully saturated rings. The van der Waals surface area contributed by atoms with Crippen LogP contribution in [0.2, 0.25) is 0 Å². The number of hydrogen-bond acceptors (Lipinski definition) is 3. The molecule has 1 heterocycles. The summed E-state index contributed by atoms with van der Waals surface area (Å²) in [4.78, 5) is 23.7. The fourth-order valence-corrected chi connectivity index (χ4v) is 2.95. The molecule has 28 heavy (non-hydrogen) atoms. The Morgan fingerprint density at radius 3 is 2.64 bits per heavy atom. The minimum atomic E-state index is -0.613. The number of aliphatic imine (C=N–C) groups is 2. The first-order chi connectivity index (χ1) is 13.5. The minimum Gasteiger partial charge on any atom is -0.364 e. The molecule has 0 spiro atoms. The number of pyridine rings is 1. The topological polar surface area (TPSA) is 80.7 Å². The maximum absolute atomic E-state index is 13.3. The molecular formula is C22H19FN4O. The lowest BCUT2D eigenvalue weighted by Gasteiger charge is -2.10. The summed E-state index contributed by atoms with van der Waals surface area (Å²) in [5, 5.41) is 0.857. The monoisotopic (exact) mass is 374 g/mol. The molecule has 1 aromatic heterocycles. The average molecular weight is 374 g/mol. The Hall–Kier alpha value is -3.67.